The maximum atomic E-state index is 11.9. The van der Waals surface area contributed by atoms with Gasteiger partial charge in [0.25, 0.3) is 5.91 Å². The molecule has 0 aliphatic carbocycles. The maximum Gasteiger partial charge on any atom is 0.252 e. The Morgan fingerprint density at radius 3 is 2.52 bits per heavy atom. The van der Waals surface area contributed by atoms with Gasteiger partial charge in [0.2, 0.25) is 6.41 Å². The summed E-state index contributed by atoms with van der Waals surface area (Å²) in [6, 6.07) is 13.9. The molecule has 0 aliphatic rings. The smallest absolute Gasteiger partial charge is 0.252 e. The fourth-order valence-corrected chi connectivity index (χ4v) is 1.99. The van der Waals surface area contributed by atoms with E-state index in [4.69, 9.17) is 10.5 Å². The number of carbonyl (C=O) groups excluding carboxylic acids is 3. The van der Waals surface area contributed by atoms with Crippen molar-refractivity contribution >= 4 is 18.1 Å². The molecule has 2 amide bonds. The summed E-state index contributed by atoms with van der Waals surface area (Å²) in [7, 11) is 0. The first-order valence-corrected chi connectivity index (χ1v) is 6.92. The van der Waals surface area contributed by atoms with Gasteiger partial charge in [0.05, 0.1) is 12.1 Å². The number of primary amides is 1. The summed E-state index contributed by atoms with van der Waals surface area (Å²) in [5.41, 5.74) is 6.69. The second-order valence-corrected chi connectivity index (χ2v) is 4.77. The summed E-state index contributed by atoms with van der Waals surface area (Å²) in [4.78, 5) is 33.7. The van der Waals surface area contributed by atoms with Crippen molar-refractivity contribution < 1.29 is 19.1 Å². The number of nitrogens with one attached hydrogen (secondary N) is 1. The fourth-order valence-electron chi connectivity index (χ4n) is 1.99. The lowest BCUT2D eigenvalue weighted by Gasteiger charge is -2.11. The van der Waals surface area contributed by atoms with Gasteiger partial charge in [-0.2, -0.15) is 0 Å². The molecule has 6 nitrogen and oxygen atoms in total. The lowest BCUT2D eigenvalue weighted by molar-refractivity contribution is -0.109. The minimum atomic E-state index is -0.689. The minimum Gasteiger partial charge on any atom is -0.488 e. The van der Waals surface area contributed by atoms with E-state index in [0.717, 1.165) is 5.56 Å². The number of carbonyl (C=O) groups is 3. The third-order valence-electron chi connectivity index (χ3n) is 3.15. The van der Waals surface area contributed by atoms with Crippen molar-refractivity contribution in [3.05, 3.63) is 65.2 Å². The van der Waals surface area contributed by atoms with Gasteiger partial charge in [-0.15, -0.1) is 0 Å². The zero-order valence-corrected chi connectivity index (χ0v) is 12.3. The molecule has 0 saturated carbocycles. The summed E-state index contributed by atoms with van der Waals surface area (Å²) >= 11 is 0. The first kappa shape index (κ1) is 16.2. The van der Waals surface area contributed by atoms with Gasteiger partial charge < -0.3 is 15.8 Å². The standard InChI is InChI=1S/C17H16N2O4/c18-17(22)14-8-13(15(21)9-19-11-20)6-7-16(14)23-10-12-4-2-1-3-5-12/h1-8,11H,9-10H2,(H2,18,22)(H,19,20). The van der Waals surface area contributed by atoms with Gasteiger partial charge in [-0.05, 0) is 23.8 Å². The number of benzene rings is 2. The number of ketones is 1. The van der Waals surface area contributed by atoms with Gasteiger partial charge in [0.1, 0.15) is 12.4 Å². The second kappa shape index (κ2) is 7.74. The van der Waals surface area contributed by atoms with E-state index in [0.29, 0.717) is 12.2 Å². The lowest BCUT2D eigenvalue weighted by Crippen LogP contribution is -2.22. The predicted molar refractivity (Wildman–Crippen MR) is 84.1 cm³/mol. The summed E-state index contributed by atoms with van der Waals surface area (Å²) in [6.45, 7) is 0.132. The van der Waals surface area contributed by atoms with Gasteiger partial charge in [-0.1, -0.05) is 30.3 Å². The molecule has 0 spiro atoms. The Labute approximate surface area is 133 Å². The molecule has 0 bridgehead atoms. The number of nitrogens with two attached hydrogens (primary N) is 1. The number of hydrogen-bond donors (Lipinski definition) is 2. The molecule has 3 N–H and O–H groups in total. The molecule has 6 heteroatoms. The molecule has 0 fully saturated rings. The quantitative estimate of drug-likeness (QED) is 0.567. The van der Waals surface area contributed by atoms with E-state index in [1.165, 1.54) is 18.2 Å². The average molecular weight is 312 g/mol. The van der Waals surface area contributed by atoms with Crippen LogP contribution in [0.15, 0.2) is 48.5 Å². The van der Waals surface area contributed by atoms with Crippen molar-refractivity contribution in [2.24, 2.45) is 5.73 Å². The van der Waals surface area contributed by atoms with Crippen LogP contribution in [-0.4, -0.2) is 24.6 Å². The third kappa shape index (κ3) is 4.41. The van der Waals surface area contributed by atoms with E-state index >= 15 is 0 Å². The van der Waals surface area contributed by atoms with Crippen LogP contribution in [0, 0.1) is 0 Å². The monoisotopic (exact) mass is 312 g/mol. The maximum absolute atomic E-state index is 11.9. The molecular formula is C17H16N2O4. The first-order valence-electron chi connectivity index (χ1n) is 6.92. The molecular weight excluding hydrogens is 296 g/mol. The van der Waals surface area contributed by atoms with Crippen LogP contribution in [0.5, 0.6) is 5.75 Å². The molecule has 0 saturated heterocycles. The van der Waals surface area contributed by atoms with Crippen LogP contribution in [0.1, 0.15) is 26.3 Å². The molecule has 0 unspecified atom stereocenters. The highest BCUT2D eigenvalue weighted by Gasteiger charge is 2.14. The highest BCUT2D eigenvalue weighted by atomic mass is 16.5. The molecule has 118 valence electrons. The van der Waals surface area contributed by atoms with Crippen LogP contribution in [0.4, 0.5) is 0 Å². The van der Waals surface area contributed by atoms with Crippen LogP contribution in [-0.2, 0) is 11.4 Å². The largest absolute Gasteiger partial charge is 0.488 e. The Balaban J connectivity index is 2.18. The van der Waals surface area contributed by atoms with E-state index in [2.05, 4.69) is 5.32 Å². The average Bonchev–Trinajstić information content (AvgIpc) is 2.58. The van der Waals surface area contributed by atoms with Crippen LogP contribution >= 0.6 is 0 Å². The molecule has 0 radical (unpaired) electrons. The topological polar surface area (TPSA) is 98.5 Å². The number of rotatable bonds is 8. The van der Waals surface area contributed by atoms with Crippen molar-refractivity contribution in [3.63, 3.8) is 0 Å². The molecule has 2 aromatic carbocycles. The van der Waals surface area contributed by atoms with Crippen LogP contribution < -0.4 is 15.8 Å². The Morgan fingerprint density at radius 2 is 1.87 bits per heavy atom. The highest BCUT2D eigenvalue weighted by Crippen LogP contribution is 2.21. The molecule has 2 rings (SSSR count). The van der Waals surface area contributed by atoms with E-state index in [9.17, 15) is 14.4 Å². The normalized spacial score (nSPS) is 9.91. The van der Waals surface area contributed by atoms with Gasteiger partial charge >= 0.3 is 0 Å². The lowest BCUT2D eigenvalue weighted by atomic mass is 10.1. The van der Waals surface area contributed by atoms with Gasteiger partial charge in [-0.3, -0.25) is 14.4 Å². The summed E-state index contributed by atoms with van der Waals surface area (Å²) in [5, 5.41) is 2.28. The van der Waals surface area contributed by atoms with Crippen molar-refractivity contribution in [2.45, 2.75) is 6.61 Å². The molecule has 0 aromatic heterocycles. The summed E-state index contributed by atoms with van der Waals surface area (Å²) in [6.07, 6.45) is 0.435. The zero-order chi connectivity index (χ0) is 16.7. The first-order chi connectivity index (χ1) is 11.1. The summed E-state index contributed by atoms with van der Waals surface area (Å²) in [5.74, 6) is -0.707. The van der Waals surface area contributed by atoms with Crippen LogP contribution in [0.25, 0.3) is 0 Å². The van der Waals surface area contributed by atoms with Crippen molar-refractivity contribution in [1.29, 1.82) is 0 Å². The fraction of sp³-hybridized carbons (Fsp3) is 0.118. The van der Waals surface area contributed by atoms with Crippen LogP contribution in [0.2, 0.25) is 0 Å². The zero-order valence-electron chi connectivity index (χ0n) is 12.3. The number of Topliss-reactive ketones (excluding diaryl/α,β-unsaturated/α-hetero) is 1. The predicted octanol–water partition coefficient (Wildman–Crippen LogP) is 1.29. The molecule has 23 heavy (non-hydrogen) atoms. The molecule has 0 aliphatic heterocycles. The molecule has 2 aromatic rings. The van der Waals surface area contributed by atoms with Gasteiger partial charge in [0, 0.05) is 5.56 Å². The Hall–Kier alpha value is -3.15. The van der Waals surface area contributed by atoms with Gasteiger partial charge in [0.15, 0.2) is 5.78 Å². The number of hydrogen-bond acceptors (Lipinski definition) is 4. The molecule has 0 heterocycles. The van der Waals surface area contributed by atoms with Crippen molar-refractivity contribution in [1.82, 2.24) is 5.32 Å². The second-order valence-electron chi connectivity index (χ2n) is 4.77. The minimum absolute atomic E-state index is 0.123. The van der Waals surface area contributed by atoms with Gasteiger partial charge in [-0.25, -0.2) is 0 Å². The Kier molecular flexibility index (Phi) is 5.46. The molecule has 0 atom stereocenters. The number of ether oxygens (including phenoxy) is 1. The van der Waals surface area contributed by atoms with Crippen molar-refractivity contribution in [3.8, 4) is 5.75 Å². The SMILES string of the molecule is NC(=O)c1cc(C(=O)CNC=O)ccc1OCc1ccccc1. The van der Waals surface area contributed by atoms with E-state index < -0.39 is 5.91 Å². The highest BCUT2D eigenvalue weighted by molar-refractivity contribution is 6.02. The van der Waals surface area contributed by atoms with E-state index in [-0.39, 0.29) is 30.1 Å². The van der Waals surface area contributed by atoms with E-state index in [1.807, 2.05) is 30.3 Å². The Bertz CT molecular complexity index is 714. The number of amides is 2. The summed E-state index contributed by atoms with van der Waals surface area (Å²) < 4.78 is 5.62. The third-order valence-corrected chi connectivity index (χ3v) is 3.15. The Morgan fingerprint density at radius 1 is 1.13 bits per heavy atom. The van der Waals surface area contributed by atoms with E-state index in [1.54, 1.807) is 0 Å². The van der Waals surface area contributed by atoms with Crippen molar-refractivity contribution in [2.75, 3.05) is 6.54 Å². The van der Waals surface area contributed by atoms with Crippen LogP contribution in [0.3, 0.4) is 0 Å².